The summed E-state index contributed by atoms with van der Waals surface area (Å²) in [6.45, 7) is 10.1. The van der Waals surface area contributed by atoms with Crippen molar-refractivity contribution in [3.8, 4) is 0 Å². The average molecular weight is 374 g/mol. The maximum Gasteiger partial charge on any atom is 0.250 e. The Morgan fingerprint density at radius 1 is 1.43 bits per heavy atom. The molecule has 5 heteroatoms. The summed E-state index contributed by atoms with van der Waals surface area (Å²) in [7, 11) is 0. The number of hydrogen-bond donors (Lipinski definition) is 0. The van der Waals surface area contributed by atoms with Gasteiger partial charge in [0.25, 0.3) is 0 Å². The highest BCUT2D eigenvalue weighted by molar-refractivity contribution is 9.11. The number of carbonyl (C=O) groups excluding carboxylic acids is 1. The third kappa shape index (κ3) is 4.26. The molecule has 0 N–H and O–H groups in total. The van der Waals surface area contributed by atoms with Gasteiger partial charge in [-0.15, -0.1) is 0 Å². The second kappa shape index (κ2) is 7.51. The van der Waals surface area contributed by atoms with Crippen LogP contribution in [0.25, 0.3) is 0 Å². The lowest BCUT2D eigenvalue weighted by atomic mass is 10.1. The van der Waals surface area contributed by atoms with Crippen LogP contribution in [0.4, 0.5) is 0 Å². The van der Waals surface area contributed by atoms with E-state index in [4.69, 9.17) is 0 Å². The molecule has 0 unspecified atom stereocenters. The summed E-state index contributed by atoms with van der Waals surface area (Å²) < 4.78 is 0.975. The van der Waals surface area contributed by atoms with Crippen molar-refractivity contribution in [3.05, 3.63) is 58.7 Å². The SMILES string of the molecule is C=CC1=NC(=NC(=O)C(C)C)c2ccccc2CN1/C=C(/C)Br. The van der Waals surface area contributed by atoms with Crippen LogP contribution in [0.1, 0.15) is 31.9 Å². The number of halogens is 1. The van der Waals surface area contributed by atoms with Crippen molar-refractivity contribution in [2.45, 2.75) is 27.3 Å². The van der Waals surface area contributed by atoms with E-state index in [9.17, 15) is 4.79 Å². The quantitative estimate of drug-likeness (QED) is 0.793. The minimum absolute atomic E-state index is 0.166. The first-order chi connectivity index (χ1) is 10.9. The first-order valence-electron chi connectivity index (χ1n) is 7.45. The van der Waals surface area contributed by atoms with E-state index >= 15 is 0 Å². The molecule has 120 valence electrons. The van der Waals surface area contributed by atoms with Gasteiger partial charge in [-0.05, 0) is 18.6 Å². The normalized spacial score (nSPS) is 16.9. The predicted molar refractivity (Wildman–Crippen MR) is 98.7 cm³/mol. The van der Waals surface area contributed by atoms with E-state index in [0.717, 1.165) is 15.6 Å². The summed E-state index contributed by atoms with van der Waals surface area (Å²) in [5.74, 6) is 0.761. The van der Waals surface area contributed by atoms with Crippen molar-refractivity contribution < 1.29 is 4.79 Å². The van der Waals surface area contributed by atoms with Gasteiger partial charge in [-0.1, -0.05) is 60.6 Å². The Hall–Kier alpha value is -2.01. The van der Waals surface area contributed by atoms with Gasteiger partial charge in [-0.3, -0.25) is 4.79 Å². The summed E-state index contributed by atoms with van der Waals surface area (Å²) in [5.41, 5.74) is 1.94. The molecule has 1 aromatic rings. The van der Waals surface area contributed by atoms with Crippen LogP contribution in [0.5, 0.6) is 0 Å². The molecule has 0 radical (unpaired) electrons. The van der Waals surface area contributed by atoms with Crippen LogP contribution in [-0.4, -0.2) is 22.5 Å². The number of hydrogen-bond acceptors (Lipinski definition) is 2. The Kier molecular flexibility index (Phi) is 5.66. The van der Waals surface area contributed by atoms with Gasteiger partial charge in [0.2, 0.25) is 5.91 Å². The Bertz CT molecular complexity index is 713. The molecule has 1 aliphatic rings. The lowest BCUT2D eigenvalue weighted by Crippen LogP contribution is -2.22. The van der Waals surface area contributed by atoms with E-state index in [0.29, 0.717) is 18.2 Å². The van der Waals surface area contributed by atoms with Crippen molar-refractivity contribution in [1.29, 1.82) is 0 Å². The number of benzene rings is 1. The molecule has 1 heterocycles. The zero-order chi connectivity index (χ0) is 17.0. The summed E-state index contributed by atoms with van der Waals surface area (Å²) in [4.78, 5) is 22.9. The van der Waals surface area contributed by atoms with E-state index in [-0.39, 0.29) is 11.8 Å². The van der Waals surface area contributed by atoms with Crippen LogP contribution < -0.4 is 0 Å². The van der Waals surface area contributed by atoms with Crippen LogP contribution in [0.3, 0.4) is 0 Å². The van der Waals surface area contributed by atoms with Crippen LogP contribution in [-0.2, 0) is 11.3 Å². The number of carbonyl (C=O) groups is 1. The highest BCUT2D eigenvalue weighted by Gasteiger charge is 2.20. The monoisotopic (exact) mass is 373 g/mol. The van der Waals surface area contributed by atoms with Gasteiger partial charge in [0.15, 0.2) is 5.84 Å². The average Bonchev–Trinajstić information content (AvgIpc) is 2.64. The smallest absolute Gasteiger partial charge is 0.250 e. The molecule has 0 atom stereocenters. The highest BCUT2D eigenvalue weighted by atomic mass is 79.9. The van der Waals surface area contributed by atoms with Gasteiger partial charge in [0, 0.05) is 28.7 Å². The number of aliphatic imine (C=N–C) groups is 2. The molecule has 0 saturated heterocycles. The summed E-state index contributed by atoms with van der Waals surface area (Å²) >= 11 is 3.45. The van der Waals surface area contributed by atoms with Crippen molar-refractivity contribution in [1.82, 2.24) is 4.90 Å². The Morgan fingerprint density at radius 2 is 2.13 bits per heavy atom. The molecule has 1 aliphatic heterocycles. The van der Waals surface area contributed by atoms with E-state index in [1.54, 1.807) is 6.08 Å². The summed E-state index contributed by atoms with van der Waals surface area (Å²) in [5, 5.41) is 0. The third-order valence-corrected chi connectivity index (χ3v) is 3.54. The zero-order valence-electron chi connectivity index (χ0n) is 13.6. The molecule has 2 rings (SSSR count). The Labute approximate surface area is 145 Å². The maximum atomic E-state index is 12.1. The molecule has 0 aliphatic carbocycles. The molecular weight excluding hydrogens is 354 g/mol. The Morgan fingerprint density at radius 3 is 2.74 bits per heavy atom. The number of allylic oxidation sites excluding steroid dienone is 1. The van der Waals surface area contributed by atoms with Crippen LogP contribution in [0.15, 0.2) is 57.6 Å². The first-order valence-corrected chi connectivity index (χ1v) is 8.24. The number of fused-ring (bicyclic) bond motifs is 1. The van der Waals surface area contributed by atoms with E-state index in [1.807, 2.05) is 56.1 Å². The lowest BCUT2D eigenvalue weighted by molar-refractivity contribution is -0.120. The molecule has 1 amide bonds. The second-order valence-corrected chi connectivity index (χ2v) is 6.85. The number of amides is 1. The fourth-order valence-electron chi connectivity index (χ4n) is 2.18. The van der Waals surface area contributed by atoms with Gasteiger partial charge < -0.3 is 4.90 Å². The lowest BCUT2D eigenvalue weighted by Gasteiger charge is -2.19. The zero-order valence-corrected chi connectivity index (χ0v) is 15.2. The van der Waals surface area contributed by atoms with Crippen molar-refractivity contribution in [2.24, 2.45) is 15.9 Å². The highest BCUT2D eigenvalue weighted by Crippen LogP contribution is 2.21. The molecule has 4 nitrogen and oxygen atoms in total. The fourth-order valence-corrected chi connectivity index (χ4v) is 2.43. The molecule has 0 spiro atoms. The number of amidine groups is 2. The molecular formula is C18H20BrN3O. The Balaban J connectivity index is 2.62. The van der Waals surface area contributed by atoms with E-state index in [2.05, 4.69) is 32.5 Å². The minimum atomic E-state index is -0.178. The number of nitrogens with zero attached hydrogens (tertiary/aromatic N) is 3. The molecule has 0 fully saturated rings. The van der Waals surface area contributed by atoms with Crippen LogP contribution >= 0.6 is 15.9 Å². The second-order valence-electron chi connectivity index (χ2n) is 5.60. The first kappa shape index (κ1) is 17.3. The van der Waals surface area contributed by atoms with Crippen molar-refractivity contribution in [3.63, 3.8) is 0 Å². The van der Waals surface area contributed by atoms with Gasteiger partial charge in [0.1, 0.15) is 5.84 Å². The van der Waals surface area contributed by atoms with Gasteiger partial charge in [-0.25, -0.2) is 4.99 Å². The minimum Gasteiger partial charge on any atom is -0.328 e. The molecule has 0 aromatic heterocycles. The predicted octanol–water partition coefficient (Wildman–Crippen LogP) is 4.27. The van der Waals surface area contributed by atoms with Crippen LogP contribution in [0.2, 0.25) is 0 Å². The molecule has 1 aromatic carbocycles. The molecule has 0 saturated carbocycles. The van der Waals surface area contributed by atoms with E-state index < -0.39 is 0 Å². The largest absolute Gasteiger partial charge is 0.328 e. The third-order valence-electron chi connectivity index (χ3n) is 3.34. The molecule has 0 bridgehead atoms. The van der Waals surface area contributed by atoms with E-state index in [1.165, 1.54) is 0 Å². The fraction of sp³-hybridized carbons (Fsp3) is 0.278. The van der Waals surface area contributed by atoms with Gasteiger partial charge in [-0.2, -0.15) is 4.99 Å². The maximum absolute atomic E-state index is 12.1. The van der Waals surface area contributed by atoms with Crippen molar-refractivity contribution >= 4 is 33.5 Å². The van der Waals surface area contributed by atoms with Gasteiger partial charge >= 0.3 is 0 Å². The van der Waals surface area contributed by atoms with Crippen LogP contribution in [0, 0.1) is 5.92 Å². The topological polar surface area (TPSA) is 45.0 Å². The standard InChI is InChI=1S/C18H20BrN3O/c1-5-16-20-17(21-18(23)12(2)3)15-9-7-6-8-14(15)11-22(16)10-13(4)19/h5-10,12H,1,11H2,2-4H3/b13-10-,21-17?. The summed E-state index contributed by atoms with van der Waals surface area (Å²) in [6.07, 6.45) is 3.62. The van der Waals surface area contributed by atoms with Crippen molar-refractivity contribution in [2.75, 3.05) is 0 Å². The summed E-state index contributed by atoms with van der Waals surface area (Å²) in [6, 6.07) is 7.87. The van der Waals surface area contributed by atoms with Gasteiger partial charge in [0.05, 0.1) is 0 Å². The number of rotatable bonds is 3. The molecule has 23 heavy (non-hydrogen) atoms.